The third-order valence-corrected chi connectivity index (χ3v) is 4.15. The third kappa shape index (κ3) is 1.83. The monoisotopic (exact) mass is 205 g/mol. The Morgan fingerprint density at radius 1 is 1.40 bits per heavy atom. The van der Waals surface area contributed by atoms with Crippen molar-refractivity contribution < 1.29 is 4.42 Å². The Balaban J connectivity index is 1.48. The van der Waals surface area contributed by atoms with Gasteiger partial charge in [-0.2, -0.15) is 0 Å². The standard InChI is InChI=1S/C13H19NO/c1-3-12(15-8-1)9-14-10-13(6-2-7-13)11-4-5-11/h1,3,8,11,14H,2,4-7,9-10H2. The van der Waals surface area contributed by atoms with E-state index in [0.29, 0.717) is 5.41 Å². The van der Waals surface area contributed by atoms with E-state index in [1.165, 1.54) is 38.6 Å². The highest BCUT2D eigenvalue weighted by molar-refractivity contribution is 5.02. The highest BCUT2D eigenvalue weighted by Gasteiger charge is 2.48. The average molecular weight is 205 g/mol. The molecule has 0 radical (unpaired) electrons. The number of rotatable bonds is 5. The lowest BCUT2D eigenvalue weighted by molar-refractivity contribution is 0.0979. The first-order valence-corrected chi connectivity index (χ1v) is 6.12. The summed E-state index contributed by atoms with van der Waals surface area (Å²) in [5, 5.41) is 3.56. The zero-order valence-electron chi connectivity index (χ0n) is 9.17. The summed E-state index contributed by atoms with van der Waals surface area (Å²) in [6.45, 7) is 2.08. The molecule has 15 heavy (non-hydrogen) atoms. The molecule has 0 atom stereocenters. The van der Waals surface area contributed by atoms with Crippen LogP contribution in [0.4, 0.5) is 0 Å². The largest absolute Gasteiger partial charge is 0.468 e. The Morgan fingerprint density at radius 2 is 2.27 bits per heavy atom. The minimum atomic E-state index is 0.673. The summed E-state index contributed by atoms with van der Waals surface area (Å²) in [7, 11) is 0. The van der Waals surface area contributed by atoms with Gasteiger partial charge in [-0.25, -0.2) is 0 Å². The van der Waals surface area contributed by atoms with E-state index >= 15 is 0 Å². The minimum absolute atomic E-state index is 0.673. The molecule has 1 N–H and O–H groups in total. The van der Waals surface area contributed by atoms with Crippen LogP contribution in [0.15, 0.2) is 22.8 Å². The molecule has 2 aliphatic rings. The van der Waals surface area contributed by atoms with Gasteiger partial charge in [-0.05, 0) is 49.1 Å². The minimum Gasteiger partial charge on any atom is -0.468 e. The van der Waals surface area contributed by atoms with Crippen LogP contribution in [0.25, 0.3) is 0 Å². The maximum Gasteiger partial charge on any atom is 0.117 e. The van der Waals surface area contributed by atoms with Crippen molar-refractivity contribution in [2.75, 3.05) is 6.54 Å². The van der Waals surface area contributed by atoms with Crippen LogP contribution in [0.2, 0.25) is 0 Å². The lowest BCUT2D eigenvalue weighted by Crippen LogP contribution is -2.41. The maximum absolute atomic E-state index is 5.31. The fraction of sp³-hybridized carbons (Fsp3) is 0.692. The molecule has 1 heterocycles. The predicted octanol–water partition coefficient (Wildman–Crippen LogP) is 2.95. The van der Waals surface area contributed by atoms with E-state index in [4.69, 9.17) is 4.42 Å². The summed E-state index contributed by atoms with van der Waals surface area (Å²) in [5.74, 6) is 2.09. The Labute approximate surface area is 91.0 Å². The van der Waals surface area contributed by atoms with Crippen LogP contribution in [0.3, 0.4) is 0 Å². The molecule has 0 aliphatic heterocycles. The molecule has 0 bridgehead atoms. The summed E-state index contributed by atoms with van der Waals surface area (Å²) in [4.78, 5) is 0. The van der Waals surface area contributed by atoms with Crippen LogP contribution >= 0.6 is 0 Å². The number of furan rings is 1. The summed E-state index contributed by atoms with van der Waals surface area (Å²) in [6, 6.07) is 3.99. The van der Waals surface area contributed by atoms with E-state index in [-0.39, 0.29) is 0 Å². The summed E-state index contributed by atoms with van der Waals surface area (Å²) < 4.78 is 5.31. The van der Waals surface area contributed by atoms with E-state index in [1.807, 2.05) is 12.1 Å². The lowest BCUT2D eigenvalue weighted by Gasteiger charge is -2.42. The van der Waals surface area contributed by atoms with Gasteiger partial charge in [-0.3, -0.25) is 0 Å². The zero-order valence-corrected chi connectivity index (χ0v) is 9.17. The predicted molar refractivity (Wildman–Crippen MR) is 59.4 cm³/mol. The Kier molecular flexibility index (Phi) is 2.32. The molecule has 0 saturated heterocycles. The average Bonchev–Trinajstić information content (AvgIpc) is 2.89. The van der Waals surface area contributed by atoms with Crippen LogP contribution in [0.5, 0.6) is 0 Å². The van der Waals surface area contributed by atoms with Crippen molar-refractivity contribution >= 4 is 0 Å². The first-order chi connectivity index (χ1) is 7.39. The molecule has 3 rings (SSSR count). The number of nitrogens with one attached hydrogen (secondary N) is 1. The molecule has 2 saturated carbocycles. The normalized spacial score (nSPS) is 23.7. The fourth-order valence-corrected chi connectivity index (χ4v) is 2.90. The van der Waals surface area contributed by atoms with E-state index in [2.05, 4.69) is 5.32 Å². The SMILES string of the molecule is c1coc(CNCC2(C3CC3)CCC2)c1. The van der Waals surface area contributed by atoms with Crippen molar-refractivity contribution in [2.45, 2.75) is 38.6 Å². The van der Waals surface area contributed by atoms with E-state index in [0.717, 1.165) is 18.2 Å². The van der Waals surface area contributed by atoms with Gasteiger partial charge in [-0.15, -0.1) is 0 Å². The van der Waals surface area contributed by atoms with E-state index in [1.54, 1.807) is 6.26 Å². The van der Waals surface area contributed by atoms with Crippen molar-refractivity contribution in [3.8, 4) is 0 Å². The number of hydrogen-bond acceptors (Lipinski definition) is 2. The highest BCUT2D eigenvalue weighted by Crippen LogP contribution is 2.56. The van der Waals surface area contributed by atoms with Crippen LogP contribution in [-0.2, 0) is 6.54 Å². The van der Waals surface area contributed by atoms with Gasteiger partial charge < -0.3 is 9.73 Å². The molecular formula is C13H19NO. The van der Waals surface area contributed by atoms with Crippen LogP contribution in [0.1, 0.15) is 37.9 Å². The summed E-state index contributed by atoms with van der Waals surface area (Å²) >= 11 is 0. The van der Waals surface area contributed by atoms with Gasteiger partial charge in [0.25, 0.3) is 0 Å². The lowest BCUT2D eigenvalue weighted by atomic mass is 9.65. The van der Waals surface area contributed by atoms with Crippen molar-refractivity contribution in [3.05, 3.63) is 24.2 Å². The number of hydrogen-bond donors (Lipinski definition) is 1. The maximum atomic E-state index is 5.31. The molecule has 2 fully saturated rings. The molecule has 2 heteroatoms. The molecule has 0 aromatic carbocycles. The Bertz CT molecular complexity index is 309. The fourth-order valence-electron chi connectivity index (χ4n) is 2.90. The second-order valence-electron chi connectivity index (χ2n) is 5.17. The van der Waals surface area contributed by atoms with Gasteiger partial charge in [0, 0.05) is 6.54 Å². The van der Waals surface area contributed by atoms with Crippen LogP contribution in [0, 0.1) is 11.3 Å². The van der Waals surface area contributed by atoms with E-state index < -0.39 is 0 Å². The van der Waals surface area contributed by atoms with Crippen LogP contribution < -0.4 is 5.32 Å². The first-order valence-electron chi connectivity index (χ1n) is 6.12. The van der Waals surface area contributed by atoms with Crippen molar-refractivity contribution in [1.29, 1.82) is 0 Å². The van der Waals surface area contributed by atoms with Crippen molar-refractivity contribution in [1.82, 2.24) is 5.32 Å². The molecule has 0 amide bonds. The Hall–Kier alpha value is -0.760. The second kappa shape index (κ2) is 3.67. The van der Waals surface area contributed by atoms with Crippen molar-refractivity contribution in [2.24, 2.45) is 11.3 Å². The zero-order chi connectivity index (χ0) is 10.1. The van der Waals surface area contributed by atoms with Gasteiger partial charge in [-0.1, -0.05) is 6.42 Å². The molecule has 0 unspecified atom stereocenters. The van der Waals surface area contributed by atoms with Gasteiger partial charge in [0.1, 0.15) is 5.76 Å². The van der Waals surface area contributed by atoms with Gasteiger partial charge in [0.15, 0.2) is 0 Å². The van der Waals surface area contributed by atoms with Gasteiger partial charge in [0.2, 0.25) is 0 Å². The molecule has 2 nitrogen and oxygen atoms in total. The van der Waals surface area contributed by atoms with Crippen LogP contribution in [-0.4, -0.2) is 6.54 Å². The molecule has 1 aromatic heterocycles. The molecule has 1 aromatic rings. The summed E-state index contributed by atoms with van der Waals surface area (Å²) in [5.41, 5.74) is 0.673. The van der Waals surface area contributed by atoms with Crippen molar-refractivity contribution in [3.63, 3.8) is 0 Å². The quantitative estimate of drug-likeness (QED) is 0.799. The highest BCUT2D eigenvalue weighted by atomic mass is 16.3. The first kappa shape index (κ1) is 9.46. The Morgan fingerprint density at radius 3 is 2.80 bits per heavy atom. The molecule has 2 aliphatic carbocycles. The molecule has 82 valence electrons. The van der Waals surface area contributed by atoms with Gasteiger partial charge >= 0.3 is 0 Å². The molecular weight excluding hydrogens is 186 g/mol. The molecule has 0 spiro atoms. The second-order valence-corrected chi connectivity index (χ2v) is 5.17. The topological polar surface area (TPSA) is 25.2 Å². The smallest absolute Gasteiger partial charge is 0.117 e. The third-order valence-electron chi connectivity index (χ3n) is 4.15. The summed E-state index contributed by atoms with van der Waals surface area (Å²) in [6.07, 6.45) is 9.03. The van der Waals surface area contributed by atoms with E-state index in [9.17, 15) is 0 Å². The van der Waals surface area contributed by atoms with Gasteiger partial charge in [0.05, 0.1) is 12.8 Å².